The molecule has 2 N–H and O–H groups in total. The molecular formula is C25H31N5O2. The van der Waals surface area contributed by atoms with Crippen LogP contribution in [0.4, 0.5) is 5.95 Å². The van der Waals surface area contributed by atoms with E-state index in [4.69, 9.17) is 9.72 Å². The maximum absolute atomic E-state index is 9.75. The van der Waals surface area contributed by atoms with Crippen molar-refractivity contribution in [1.82, 2.24) is 19.9 Å². The van der Waals surface area contributed by atoms with Gasteiger partial charge in [0.2, 0.25) is 5.95 Å². The molecule has 2 fully saturated rings. The van der Waals surface area contributed by atoms with Crippen LogP contribution >= 0.6 is 0 Å². The lowest BCUT2D eigenvalue weighted by atomic mass is 9.93. The van der Waals surface area contributed by atoms with Crippen LogP contribution in [0, 0.1) is 0 Å². The second-order valence-electron chi connectivity index (χ2n) is 8.98. The van der Waals surface area contributed by atoms with E-state index in [2.05, 4.69) is 26.3 Å². The van der Waals surface area contributed by atoms with Gasteiger partial charge in [0, 0.05) is 36.9 Å². The van der Waals surface area contributed by atoms with Gasteiger partial charge in [-0.05, 0) is 63.3 Å². The van der Waals surface area contributed by atoms with E-state index in [-0.39, 0.29) is 12.2 Å². The Morgan fingerprint density at radius 2 is 1.94 bits per heavy atom. The van der Waals surface area contributed by atoms with E-state index in [9.17, 15) is 5.11 Å². The van der Waals surface area contributed by atoms with Crippen molar-refractivity contribution in [3.63, 3.8) is 0 Å². The molecule has 5 rings (SSSR count). The van der Waals surface area contributed by atoms with Gasteiger partial charge in [-0.3, -0.25) is 9.88 Å². The zero-order valence-electron chi connectivity index (χ0n) is 18.4. The summed E-state index contributed by atoms with van der Waals surface area (Å²) in [7, 11) is 0. The van der Waals surface area contributed by atoms with Gasteiger partial charge in [0.05, 0.1) is 11.8 Å². The number of hydrogen-bond acceptors (Lipinski definition) is 7. The number of rotatable bonds is 6. The van der Waals surface area contributed by atoms with Crippen molar-refractivity contribution in [3.8, 4) is 5.75 Å². The first-order valence-corrected chi connectivity index (χ1v) is 11.7. The Hall–Kier alpha value is -2.77. The fourth-order valence-corrected chi connectivity index (χ4v) is 4.75. The lowest BCUT2D eigenvalue weighted by Gasteiger charge is -2.32. The van der Waals surface area contributed by atoms with Crippen LogP contribution in [0.2, 0.25) is 0 Å². The molecule has 7 heteroatoms. The monoisotopic (exact) mass is 433 g/mol. The molecule has 1 saturated carbocycles. The lowest BCUT2D eigenvalue weighted by molar-refractivity contribution is 0.0845. The summed E-state index contributed by atoms with van der Waals surface area (Å²) < 4.78 is 6.48. The molecule has 1 atom stereocenters. The minimum atomic E-state index is -0.168. The Kier molecular flexibility index (Phi) is 6.46. The molecule has 2 aliphatic rings. The molecule has 1 aliphatic heterocycles. The predicted octanol–water partition coefficient (Wildman–Crippen LogP) is 3.78. The third kappa shape index (κ3) is 5.16. The fourth-order valence-electron chi connectivity index (χ4n) is 4.75. The molecule has 3 heterocycles. The summed E-state index contributed by atoms with van der Waals surface area (Å²) in [6.45, 7) is 2.80. The fraction of sp³-hybridized carbons (Fsp3) is 0.480. The highest BCUT2D eigenvalue weighted by Crippen LogP contribution is 2.28. The molecule has 3 aromatic rings. The summed E-state index contributed by atoms with van der Waals surface area (Å²) in [6.07, 6.45) is 9.36. The lowest BCUT2D eigenvalue weighted by Crippen LogP contribution is -2.40. The number of aliphatic hydroxyl groups is 1. The maximum Gasteiger partial charge on any atom is 0.223 e. The van der Waals surface area contributed by atoms with E-state index in [0.717, 1.165) is 80.5 Å². The zero-order chi connectivity index (χ0) is 21.8. The number of aliphatic hydroxyl groups excluding tert-OH is 1. The Bertz CT molecular complexity index is 1020. The number of fused-ring (bicyclic) bond motifs is 1. The highest BCUT2D eigenvalue weighted by molar-refractivity contribution is 5.84. The SMILES string of the molecule is OC1CCC(Nc2ncc3cccc(OC4CCCN(Cc5ccccn5)C4)c3n2)CC1. The molecular weight excluding hydrogens is 402 g/mol. The Morgan fingerprint density at radius 1 is 1.03 bits per heavy atom. The van der Waals surface area contributed by atoms with Gasteiger partial charge < -0.3 is 15.2 Å². The predicted molar refractivity (Wildman–Crippen MR) is 125 cm³/mol. The highest BCUT2D eigenvalue weighted by Gasteiger charge is 2.23. The molecule has 1 aromatic carbocycles. The molecule has 7 nitrogen and oxygen atoms in total. The second-order valence-corrected chi connectivity index (χ2v) is 8.98. The molecule has 0 amide bonds. The van der Waals surface area contributed by atoms with Gasteiger partial charge in [-0.15, -0.1) is 0 Å². The molecule has 1 unspecified atom stereocenters. The van der Waals surface area contributed by atoms with Crippen LogP contribution in [0.1, 0.15) is 44.2 Å². The number of piperidine rings is 1. The summed E-state index contributed by atoms with van der Waals surface area (Å²) in [5.41, 5.74) is 1.94. The molecule has 0 spiro atoms. The average molecular weight is 434 g/mol. The molecule has 1 aliphatic carbocycles. The van der Waals surface area contributed by atoms with Crippen LogP contribution in [0.3, 0.4) is 0 Å². The van der Waals surface area contributed by atoms with E-state index >= 15 is 0 Å². The van der Waals surface area contributed by atoms with Gasteiger partial charge in [-0.25, -0.2) is 9.97 Å². The van der Waals surface area contributed by atoms with E-state index in [1.54, 1.807) is 0 Å². The molecule has 1 saturated heterocycles. The summed E-state index contributed by atoms with van der Waals surface area (Å²) >= 11 is 0. The normalized spacial score (nSPS) is 24.3. The summed E-state index contributed by atoms with van der Waals surface area (Å²) in [4.78, 5) is 16.2. The molecule has 0 radical (unpaired) electrons. The standard InChI is InChI=1S/C25H31N5O2/c31-21-11-9-19(10-12-21)28-25-27-15-18-5-3-8-23(24(18)29-25)32-22-7-4-14-30(17-22)16-20-6-1-2-13-26-20/h1-3,5-6,8,13,15,19,21-22,31H,4,7,9-12,14,16-17H2,(H,27,28,29). The van der Waals surface area contributed by atoms with Gasteiger partial charge in [0.25, 0.3) is 0 Å². The van der Waals surface area contributed by atoms with Gasteiger partial charge >= 0.3 is 0 Å². The molecule has 2 aromatic heterocycles. The van der Waals surface area contributed by atoms with Crippen LogP contribution in [0.15, 0.2) is 48.8 Å². The van der Waals surface area contributed by atoms with Crippen molar-refractivity contribution in [2.75, 3.05) is 18.4 Å². The van der Waals surface area contributed by atoms with Crippen molar-refractivity contribution in [2.24, 2.45) is 0 Å². The first-order chi connectivity index (χ1) is 15.7. The van der Waals surface area contributed by atoms with E-state index in [1.165, 1.54) is 0 Å². The van der Waals surface area contributed by atoms with Crippen LogP contribution < -0.4 is 10.1 Å². The van der Waals surface area contributed by atoms with Gasteiger partial charge in [-0.1, -0.05) is 18.2 Å². The third-order valence-electron chi connectivity index (χ3n) is 6.47. The number of pyridine rings is 1. The van der Waals surface area contributed by atoms with Crippen molar-refractivity contribution in [1.29, 1.82) is 0 Å². The number of nitrogens with zero attached hydrogens (tertiary/aromatic N) is 4. The summed E-state index contributed by atoms with van der Waals surface area (Å²) in [5, 5.41) is 14.2. The quantitative estimate of drug-likeness (QED) is 0.612. The number of para-hydroxylation sites is 1. The average Bonchev–Trinajstić information content (AvgIpc) is 2.82. The van der Waals surface area contributed by atoms with Crippen molar-refractivity contribution >= 4 is 16.9 Å². The number of nitrogens with one attached hydrogen (secondary N) is 1. The van der Waals surface area contributed by atoms with Crippen molar-refractivity contribution < 1.29 is 9.84 Å². The van der Waals surface area contributed by atoms with E-state index < -0.39 is 0 Å². The summed E-state index contributed by atoms with van der Waals surface area (Å²) in [6, 6.07) is 12.4. The topological polar surface area (TPSA) is 83.4 Å². The van der Waals surface area contributed by atoms with Crippen molar-refractivity contribution in [3.05, 3.63) is 54.5 Å². The Balaban J connectivity index is 1.28. The van der Waals surface area contributed by atoms with Crippen molar-refractivity contribution in [2.45, 2.75) is 63.3 Å². The van der Waals surface area contributed by atoms with Crippen LogP contribution in [0.25, 0.3) is 10.9 Å². The van der Waals surface area contributed by atoms with Crippen LogP contribution in [-0.2, 0) is 6.54 Å². The third-order valence-corrected chi connectivity index (χ3v) is 6.47. The Morgan fingerprint density at radius 3 is 2.78 bits per heavy atom. The maximum atomic E-state index is 9.75. The van der Waals surface area contributed by atoms with Crippen LogP contribution in [0.5, 0.6) is 5.75 Å². The molecule has 168 valence electrons. The highest BCUT2D eigenvalue weighted by atomic mass is 16.5. The number of ether oxygens (including phenoxy) is 1. The molecule has 0 bridgehead atoms. The second kappa shape index (κ2) is 9.79. The first kappa shape index (κ1) is 21.1. The van der Waals surface area contributed by atoms with Gasteiger partial charge in [0.15, 0.2) is 0 Å². The zero-order valence-corrected chi connectivity index (χ0v) is 18.4. The smallest absolute Gasteiger partial charge is 0.223 e. The van der Waals surface area contributed by atoms with E-state index in [0.29, 0.717) is 12.0 Å². The number of likely N-dealkylation sites (tertiary alicyclic amines) is 1. The number of anilines is 1. The van der Waals surface area contributed by atoms with Gasteiger partial charge in [0.1, 0.15) is 17.4 Å². The minimum absolute atomic E-state index is 0.129. The molecule has 32 heavy (non-hydrogen) atoms. The Labute approximate surface area is 188 Å². The first-order valence-electron chi connectivity index (χ1n) is 11.7. The number of benzene rings is 1. The number of hydrogen-bond donors (Lipinski definition) is 2. The largest absolute Gasteiger partial charge is 0.487 e. The number of aromatic nitrogens is 3. The van der Waals surface area contributed by atoms with Crippen LogP contribution in [-0.4, -0.2) is 56.3 Å². The van der Waals surface area contributed by atoms with E-state index in [1.807, 2.05) is 42.7 Å². The summed E-state index contributed by atoms with van der Waals surface area (Å²) in [5.74, 6) is 1.45. The van der Waals surface area contributed by atoms with Gasteiger partial charge in [-0.2, -0.15) is 0 Å². The minimum Gasteiger partial charge on any atom is -0.487 e.